The number of nitriles is 1. The molecule has 2 aromatic carbocycles. The molecular weight excluding hydrogens is 456 g/mol. The van der Waals surface area contributed by atoms with Gasteiger partial charge >= 0.3 is 0 Å². The number of benzene rings is 2. The number of pyridine rings is 2. The van der Waals surface area contributed by atoms with Gasteiger partial charge in [0, 0.05) is 17.3 Å². The number of rotatable bonds is 8. The van der Waals surface area contributed by atoms with Crippen molar-refractivity contribution in [1.29, 1.82) is 5.26 Å². The van der Waals surface area contributed by atoms with Crippen LogP contribution in [0.15, 0.2) is 79.1 Å². The maximum atomic E-state index is 12.3. The van der Waals surface area contributed by atoms with Gasteiger partial charge in [0.15, 0.2) is 30.5 Å². The number of ether oxygens (including phenoxy) is 3. The summed E-state index contributed by atoms with van der Waals surface area (Å²) < 4.78 is 18.6. The van der Waals surface area contributed by atoms with Gasteiger partial charge in [-0.05, 0) is 42.0 Å². The highest BCUT2D eigenvalue weighted by molar-refractivity contribution is 5.91. The molecule has 4 rings (SSSR count). The monoisotopic (exact) mass is 481 g/mol. The molecule has 8 heteroatoms. The molecule has 0 saturated carbocycles. The molecule has 1 amide bonds. The summed E-state index contributed by atoms with van der Waals surface area (Å²) in [5.74, 6) is 0.763. The maximum absolute atomic E-state index is 12.3. The lowest BCUT2D eigenvalue weighted by atomic mass is 9.98. The van der Waals surface area contributed by atoms with Crippen molar-refractivity contribution >= 4 is 11.6 Å². The molecule has 0 aliphatic rings. The van der Waals surface area contributed by atoms with Gasteiger partial charge in [-0.15, -0.1) is 0 Å². The Morgan fingerprint density at radius 3 is 2.50 bits per heavy atom. The van der Waals surface area contributed by atoms with Gasteiger partial charge in [0.2, 0.25) is 5.88 Å². The van der Waals surface area contributed by atoms with Crippen LogP contribution >= 0.6 is 0 Å². The van der Waals surface area contributed by atoms with Crippen LogP contribution in [-0.4, -0.2) is 31.7 Å². The van der Waals surface area contributed by atoms with Crippen LogP contribution in [0.2, 0.25) is 0 Å². The molecule has 36 heavy (non-hydrogen) atoms. The van der Waals surface area contributed by atoms with Gasteiger partial charge in [-0.25, -0.2) is 9.55 Å². The number of nitrogens with zero attached hydrogens (tertiary/aromatic N) is 3. The van der Waals surface area contributed by atoms with Crippen LogP contribution in [0.25, 0.3) is 22.4 Å². The number of methoxy groups -OCH3 is 2. The number of nitrogens with one attached hydrogen (secondary N) is 1. The number of carbonyl (C=O) groups is 1. The Balaban J connectivity index is 1.64. The minimum Gasteiger partial charge on any atom is -0.493 e. The third-order valence-electron chi connectivity index (χ3n) is 5.42. The van der Waals surface area contributed by atoms with E-state index < -0.39 is 0 Å². The zero-order valence-corrected chi connectivity index (χ0v) is 20.2. The Morgan fingerprint density at radius 1 is 1.00 bits per heavy atom. The second kappa shape index (κ2) is 11.0. The Kier molecular flexibility index (Phi) is 7.42. The Bertz CT molecular complexity index is 1430. The van der Waals surface area contributed by atoms with E-state index >= 15 is 0 Å². The molecule has 2 aromatic heterocycles. The van der Waals surface area contributed by atoms with Crippen molar-refractivity contribution < 1.29 is 23.6 Å². The predicted octanol–water partition coefficient (Wildman–Crippen LogP) is 4.15. The normalized spacial score (nSPS) is 10.3. The molecule has 0 bridgehead atoms. The van der Waals surface area contributed by atoms with Crippen molar-refractivity contribution in [3.8, 4) is 45.8 Å². The highest BCUT2D eigenvalue weighted by atomic mass is 16.5. The lowest BCUT2D eigenvalue weighted by Gasteiger charge is -2.14. The van der Waals surface area contributed by atoms with Crippen molar-refractivity contribution in [2.24, 2.45) is 7.05 Å². The summed E-state index contributed by atoms with van der Waals surface area (Å²) in [7, 11) is 4.93. The molecule has 0 aliphatic heterocycles. The van der Waals surface area contributed by atoms with E-state index in [9.17, 15) is 10.1 Å². The fourth-order valence-electron chi connectivity index (χ4n) is 3.71. The number of aromatic nitrogens is 2. The van der Waals surface area contributed by atoms with Gasteiger partial charge in [-0.3, -0.25) is 4.79 Å². The quantitative estimate of drug-likeness (QED) is 0.380. The Labute approximate surface area is 209 Å². The number of aryl methyl sites for hydroxylation is 1. The Morgan fingerprint density at radius 2 is 1.81 bits per heavy atom. The minimum atomic E-state index is -0.293. The Hall–Kier alpha value is -4.90. The van der Waals surface area contributed by atoms with Crippen LogP contribution in [-0.2, 0) is 11.8 Å². The van der Waals surface area contributed by atoms with Crippen molar-refractivity contribution in [3.63, 3.8) is 0 Å². The molecule has 2 heterocycles. The van der Waals surface area contributed by atoms with Crippen LogP contribution in [0.4, 0.5) is 5.69 Å². The molecule has 1 N–H and O–H groups in total. The summed E-state index contributed by atoms with van der Waals surface area (Å²) in [5, 5.41) is 12.6. The third-order valence-corrected chi connectivity index (χ3v) is 5.42. The molecule has 4 aromatic rings. The first kappa shape index (κ1) is 24.2. The molecule has 0 atom stereocenters. The largest absolute Gasteiger partial charge is 0.493 e. The number of para-hydroxylation sites is 1. The third kappa shape index (κ3) is 5.42. The summed E-state index contributed by atoms with van der Waals surface area (Å²) in [6.07, 6.45) is 3.87. The topological polar surface area (TPSA) is 97.3 Å². The summed E-state index contributed by atoms with van der Waals surface area (Å²) in [5.41, 5.74) is 3.88. The van der Waals surface area contributed by atoms with Crippen molar-refractivity contribution in [2.75, 3.05) is 26.1 Å². The van der Waals surface area contributed by atoms with Crippen LogP contribution in [0, 0.1) is 11.3 Å². The number of anilines is 1. The fraction of sp³-hybridized carbons (Fsp3) is 0.143. The van der Waals surface area contributed by atoms with E-state index in [1.54, 1.807) is 30.3 Å². The van der Waals surface area contributed by atoms with Crippen molar-refractivity contribution in [2.45, 2.75) is 0 Å². The summed E-state index contributed by atoms with van der Waals surface area (Å²) >= 11 is 0. The first-order valence-corrected chi connectivity index (χ1v) is 11.1. The van der Waals surface area contributed by atoms with E-state index in [1.807, 2.05) is 60.4 Å². The van der Waals surface area contributed by atoms with Crippen LogP contribution in [0.3, 0.4) is 0 Å². The van der Waals surface area contributed by atoms with E-state index in [0.717, 1.165) is 5.56 Å². The van der Waals surface area contributed by atoms with Crippen LogP contribution in [0.1, 0.15) is 5.56 Å². The van der Waals surface area contributed by atoms with Gasteiger partial charge in [0.05, 0.1) is 25.5 Å². The zero-order chi connectivity index (χ0) is 25.5. The predicted molar refractivity (Wildman–Crippen MR) is 135 cm³/mol. The minimum absolute atomic E-state index is 0.188. The van der Waals surface area contributed by atoms with Crippen molar-refractivity contribution in [1.82, 2.24) is 4.98 Å². The summed E-state index contributed by atoms with van der Waals surface area (Å²) in [6, 6.07) is 22.3. The molecule has 180 valence electrons. The second-order valence-corrected chi connectivity index (χ2v) is 7.88. The van der Waals surface area contributed by atoms with Gasteiger partial charge in [-0.1, -0.05) is 24.3 Å². The zero-order valence-electron chi connectivity index (χ0n) is 20.2. The summed E-state index contributed by atoms with van der Waals surface area (Å²) in [4.78, 5) is 16.8. The molecule has 0 fully saturated rings. The second-order valence-electron chi connectivity index (χ2n) is 7.88. The maximum Gasteiger partial charge on any atom is 0.262 e. The van der Waals surface area contributed by atoms with Gasteiger partial charge in [0.25, 0.3) is 5.91 Å². The fourth-order valence-corrected chi connectivity index (χ4v) is 3.71. The van der Waals surface area contributed by atoms with Crippen molar-refractivity contribution in [3.05, 3.63) is 84.7 Å². The molecule has 0 aliphatic carbocycles. The van der Waals surface area contributed by atoms with Gasteiger partial charge in [-0.2, -0.15) is 5.26 Å². The lowest BCUT2D eigenvalue weighted by molar-refractivity contribution is -0.671. The first-order chi connectivity index (χ1) is 17.5. The average Bonchev–Trinajstić information content (AvgIpc) is 2.91. The molecule has 0 unspecified atom stereocenters. The van der Waals surface area contributed by atoms with E-state index in [0.29, 0.717) is 39.6 Å². The average molecular weight is 482 g/mol. The lowest BCUT2D eigenvalue weighted by Crippen LogP contribution is -2.26. The molecule has 0 spiro atoms. The van der Waals surface area contributed by atoms with Crippen LogP contribution < -0.4 is 24.1 Å². The highest BCUT2D eigenvalue weighted by Crippen LogP contribution is 2.37. The van der Waals surface area contributed by atoms with Gasteiger partial charge < -0.3 is 19.5 Å². The molecule has 8 nitrogen and oxygen atoms in total. The smallest absolute Gasteiger partial charge is 0.262 e. The highest BCUT2D eigenvalue weighted by Gasteiger charge is 2.19. The standard InChI is InChI=1S/C28H24N4O4/c1-32-13-7-8-20(17-32)24-15-22(23(16-29)28(31-24)35-3)19-11-12-25(26(14-19)34-2)36-18-27(33)30-21-9-5-4-6-10-21/h4-15,17H,18H2,1-3H3/p+1. The SMILES string of the molecule is COc1cc(-c2cc(-c3ccc[n+](C)c3)nc(OC)c2C#N)ccc1OCC(=O)Nc1ccccc1. The number of amides is 1. The van der Waals surface area contributed by atoms with E-state index in [2.05, 4.69) is 16.4 Å². The summed E-state index contributed by atoms with van der Waals surface area (Å²) in [6.45, 7) is -0.188. The van der Waals surface area contributed by atoms with Crippen LogP contribution in [0.5, 0.6) is 17.4 Å². The molecular formula is C28H25N4O4+. The van der Waals surface area contributed by atoms with Gasteiger partial charge in [0.1, 0.15) is 18.7 Å². The number of hydrogen-bond acceptors (Lipinski definition) is 6. The van der Waals surface area contributed by atoms with E-state index in [-0.39, 0.29) is 18.4 Å². The number of carbonyl (C=O) groups excluding carboxylic acids is 1. The molecule has 0 saturated heterocycles. The van der Waals surface area contributed by atoms with E-state index in [4.69, 9.17) is 14.2 Å². The molecule has 0 radical (unpaired) electrons. The number of hydrogen-bond donors (Lipinski definition) is 1. The first-order valence-electron chi connectivity index (χ1n) is 11.1. The van der Waals surface area contributed by atoms with E-state index in [1.165, 1.54) is 14.2 Å².